The van der Waals surface area contributed by atoms with Gasteiger partial charge in [0.15, 0.2) is 0 Å². The average molecular weight is 507 g/mol. The number of allylic oxidation sites excluding steroid dienone is 9. The Morgan fingerprint density at radius 3 is 2.58 bits per heavy atom. The maximum absolute atomic E-state index is 5.40. The van der Waals surface area contributed by atoms with E-state index in [-0.39, 0.29) is 10.8 Å². The lowest BCUT2D eigenvalue weighted by Crippen LogP contribution is -2.26. The van der Waals surface area contributed by atoms with Gasteiger partial charge in [-0.3, -0.25) is 4.40 Å². The first-order valence-corrected chi connectivity index (χ1v) is 14.3. The number of benzene rings is 1. The third-order valence-corrected chi connectivity index (χ3v) is 8.13. The second kappa shape index (κ2) is 10.9. The number of pyridine rings is 1. The van der Waals surface area contributed by atoms with Crippen LogP contribution in [-0.4, -0.2) is 9.38 Å². The van der Waals surface area contributed by atoms with Crippen molar-refractivity contribution in [3.8, 4) is 0 Å². The zero-order valence-corrected chi connectivity index (χ0v) is 24.9. The Morgan fingerprint density at radius 2 is 1.95 bits per heavy atom. The van der Waals surface area contributed by atoms with Gasteiger partial charge < -0.3 is 0 Å². The normalized spacial score (nSPS) is 18.4. The van der Waals surface area contributed by atoms with Crippen molar-refractivity contribution in [1.82, 2.24) is 9.38 Å². The van der Waals surface area contributed by atoms with E-state index in [1.165, 1.54) is 44.4 Å². The molecule has 0 saturated carbocycles. The highest BCUT2D eigenvalue weighted by molar-refractivity contribution is 6.02. The monoisotopic (exact) mass is 506 g/mol. The molecule has 2 nitrogen and oxygen atoms in total. The summed E-state index contributed by atoms with van der Waals surface area (Å²) in [5, 5.41) is 1.30. The third-order valence-electron chi connectivity index (χ3n) is 8.13. The molecule has 2 atom stereocenters. The minimum absolute atomic E-state index is 0.0301. The van der Waals surface area contributed by atoms with Crippen molar-refractivity contribution in [3.63, 3.8) is 0 Å². The molecule has 1 aliphatic carbocycles. The zero-order valence-electron chi connectivity index (χ0n) is 24.9. The molecule has 0 fully saturated rings. The highest BCUT2D eigenvalue weighted by Crippen LogP contribution is 2.52. The molecule has 2 aromatic heterocycles. The largest absolute Gasteiger partial charge is 0.299 e. The molecule has 0 aliphatic heterocycles. The first-order chi connectivity index (χ1) is 18.1. The Bertz CT molecular complexity index is 1460. The summed E-state index contributed by atoms with van der Waals surface area (Å²) in [4.78, 5) is 5.40. The van der Waals surface area contributed by atoms with Gasteiger partial charge in [0.25, 0.3) is 0 Å². The molecule has 38 heavy (non-hydrogen) atoms. The van der Waals surface area contributed by atoms with Gasteiger partial charge in [0.05, 0.1) is 11.2 Å². The fraction of sp³-hybridized carbons (Fsp3) is 0.417. The van der Waals surface area contributed by atoms with E-state index in [9.17, 15) is 0 Å². The molecule has 0 radical (unpaired) electrons. The van der Waals surface area contributed by atoms with Gasteiger partial charge in [-0.05, 0) is 79.2 Å². The van der Waals surface area contributed by atoms with Gasteiger partial charge >= 0.3 is 0 Å². The Kier molecular flexibility index (Phi) is 8.02. The van der Waals surface area contributed by atoms with E-state index in [0.717, 1.165) is 31.3 Å². The summed E-state index contributed by atoms with van der Waals surface area (Å²) in [7, 11) is 0. The highest BCUT2D eigenvalue weighted by atomic mass is 15.0. The van der Waals surface area contributed by atoms with Gasteiger partial charge in [-0.2, -0.15) is 0 Å². The van der Waals surface area contributed by atoms with E-state index in [0.29, 0.717) is 5.92 Å². The number of aromatic nitrogens is 2. The molecular formula is C36H46N2. The second-order valence-electron chi connectivity index (χ2n) is 12.4. The van der Waals surface area contributed by atoms with E-state index in [1.54, 1.807) is 0 Å². The van der Waals surface area contributed by atoms with E-state index >= 15 is 0 Å². The molecule has 0 spiro atoms. The van der Waals surface area contributed by atoms with E-state index in [2.05, 4.69) is 127 Å². The predicted octanol–water partition coefficient (Wildman–Crippen LogP) is 10.3. The fourth-order valence-electron chi connectivity index (χ4n) is 6.02. The molecule has 1 aromatic carbocycles. The lowest BCUT2D eigenvalue weighted by Gasteiger charge is -2.39. The van der Waals surface area contributed by atoms with Crippen LogP contribution in [0.1, 0.15) is 96.0 Å². The molecule has 0 saturated heterocycles. The standard InChI is InChI=1S/C36H46N2/c1-10-14-16-26(12-3)28-18-19-30(36(9,13-4)21-15-11-2)33-32(28)29-22-25(5)17-20-31(29)38-24-27(37-34(33)38)23-35(6,7)8/h10,12,14-18,20-22,24,30H,3,11,13,19,23H2,1-2,4-9H3/b14-10-,21-15?,26-16+. The van der Waals surface area contributed by atoms with E-state index in [1.807, 2.05) is 6.08 Å². The molecule has 3 aromatic rings. The van der Waals surface area contributed by atoms with Gasteiger partial charge in [0, 0.05) is 23.1 Å². The van der Waals surface area contributed by atoms with E-state index in [4.69, 9.17) is 4.98 Å². The van der Waals surface area contributed by atoms with Crippen LogP contribution in [0.5, 0.6) is 0 Å². The minimum Gasteiger partial charge on any atom is -0.299 e. The summed E-state index contributed by atoms with van der Waals surface area (Å²) in [6.07, 6.45) is 22.0. The minimum atomic E-state index is 0.0301. The summed E-state index contributed by atoms with van der Waals surface area (Å²) in [5.74, 6) is 0.333. The number of imidazole rings is 1. The molecule has 1 aliphatic rings. The molecule has 0 bridgehead atoms. The highest BCUT2D eigenvalue weighted by Gasteiger charge is 2.38. The molecule has 2 unspecified atom stereocenters. The number of hydrogen-bond donors (Lipinski definition) is 0. The van der Waals surface area contributed by atoms with Crippen LogP contribution in [0.25, 0.3) is 22.1 Å². The van der Waals surface area contributed by atoms with Crippen molar-refractivity contribution in [2.45, 2.75) is 87.0 Å². The first kappa shape index (κ1) is 27.9. The van der Waals surface area contributed by atoms with Crippen LogP contribution in [0, 0.1) is 17.8 Å². The summed E-state index contributed by atoms with van der Waals surface area (Å²) >= 11 is 0. The Morgan fingerprint density at radius 1 is 1.18 bits per heavy atom. The van der Waals surface area contributed by atoms with Crippen LogP contribution in [0.4, 0.5) is 0 Å². The Labute approximate surface area is 230 Å². The lowest BCUT2D eigenvalue weighted by molar-refractivity contribution is 0.322. The van der Waals surface area contributed by atoms with Crippen LogP contribution < -0.4 is 0 Å². The summed E-state index contributed by atoms with van der Waals surface area (Å²) < 4.78 is 2.38. The lowest BCUT2D eigenvalue weighted by atomic mass is 9.65. The van der Waals surface area contributed by atoms with Gasteiger partial charge in [-0.1, -0.05) is 102 Å². The van der Waals surface area contributed by atoms with Crippen LogP contribution >= 0.6 is 0 Å². The molecule has 2 heterocycles. The van der Waals surface area contributed by atoms with Crippen LogP contribution in [0.2, 0.25) is 0 Å². The number of fused-ring (bicyclic) bond motifs is 6. The summed E-state index contributed by atoms with van der Waals surface area (Å²) in [6.45, 7) is 22.4. The molecule has 200 valence electrons. The molecule has 0 N–H and O–H groups in total. The average Bonchev–Trinajstić information content (AvgIpc) is 3.29. The van der Waals surface area contributed by atoms with Crippen molar-refractivity contribution >= 4 is 22.1 Å². The SMILES string of the molecule is C=C/C(=C\C=C/C)C1=CCC(C(C)(C=CCC)CC)c2c1c1cc(C)ccc1n1cc(CC(C)(C)C)nc21. The van der Waals surface area contributed by atoms with Gasteiger partial charge in [-0.15, -0.1) is 0 Å². The first-order valence-electron chi connectivity index (χ1n) is 14.3. The Balaban J connectivity index is 2.17. The number of nitrogens with zero attached hydrogens (tertiary/aromatic N) is 2. The quantitative estimate of drug-likeness (QED) is 0.219. The van der Waals surface area contributed by atoms with Crippen LogP contribution in [0.15, 0.2) is 79.1 Å². The second-order valence-corrected chi connectivity index (χ2v) is 12.4. The summed E-state index contributed by atoms with van der Waals surface area (Å²) in [6, 6.07) is 6.88. The fourth-order valence-corrected chi connectivity index (χ4v) is 6.02. The maximum atomic E-state index is 5.40. The van der Waals surface area contributed by atoms with Gasteiger partial charge in [-0.25, -0.2) is 4.98 Å². The molecule has 2 heteroatoms. The van der Waals surface area contributed by atoms with Crippen LogP contribution in [-0.2, 0) is 6.42 Å². The van der Waals surface area contributed by atoms with E-state index < -0.39 is 0 Å². The van der Waals surface area contributed by atoms with Crippen molar-refractivity contribution in [2.24, 2.45) is 10.8 Å². The third kappa shape index (κ3) is 5.23. The van der Waals surface area contributed by atoms with Crippen molar-refractivity contribution in [3.05, 3.63) is 101 Å². The van der Waals surface area contributed by atoms with Crippen molar-refractivity contribution in [1.29, 1.82) is 0 Å². The number of aryl methyl sites for hydroxylation is 1. The van der Waals surface area contributed by atoms with Crippen LogP contribution in [0.3, 0.4) is 0 Å². The summed E-state index contributed by atoms with van der Waals surface area (Å²) in [5.41, 5.74) is 10.1. The van der Waals surface area contributed by atoms with Crippen molar-refractivity contribution in [2.75, 3.05) is 0 Å². The number of hydrogen-bond acceptors (Lipinski definition) is 1. The smallest absolute Gasteiger partial charge is 0.141 e. The van der Waals surface area contributed by atoms with Crippen molar-refractivity contribution < 1.29 is 0 Å². The molecule has 4 rings (SSSR count). The number of rotatable bonds is 8. The maximum Gasteiger partial charge on any atom is 0.141 e. The Hall–Kier alpha value is -3.13. The predicted molar refractivity (Wildman–Crippen MR) is 167 cm³/mol. The van der Waals surface area contributed by atoms with Gasteiger partial charge in [0.1, 0.15) is 5.65 Å². The zero-order chi connectivity index (χ0) is 27.7. The topological polar surface area (TPSA) is 17.3 Å². The van der Waals surface area contributed by atoms with Gasteiger partial charge in [0.2, 0.25) is 0 Å². The molecule has 0 amide bonds. The molecular weight excluding hydrogens is 460 g/mol.